The molecule has 0 saturated heterocycles. The number of aromatic amines is 1. The lowest BCUT2D eigenvalue weighted by molar-refractivity contribution is 0.736. The van der Waals surface area contributed by atoms with Gasteiger partial charge in [0.2, 0.25) is 0 Å². The number of aryl methyl sites for hydroxylation is 2. The van der Waals surface area contributed by atoms with Crippen LogP contribution in [0, 0.1) is 6.92 Å². The van der Waals surface area contributed by atoms with E-state index in [2.05, 4.69) is 29.5 Å². The Morgan fingerprint density at radius 2 is 2.00 bits per heavy atom. The largest absolute Gasteiger partial charge is 0.343 e. The summed E-state index contributed by atoms with van der Waals surface area (Å²) in [5, 5.41) is 2.25. The fourth-order valence-corrected chi connectivity index (χ4v) is 3.16. The van der Waals surface area contributed by atoms with Crippen molar-refractivity contribution in [3.05, 3.63) is 45.9 Å². The maximum Gasteiger partial charge on any atom is 0.272 e. The van der Waals surface area contributed by atoms with Gasteiger partial charge in [0.25, 0.3) is 5.56 Å². The Balaban J connectivity index is 2.44. The van der Waals surface area contributed by atoms with Gasteiger partial charge in [-0.2, -0.15) is 0 Å². The third-order valence-corrected chi connectivity index (χ3v) is 4.21. The summed E-state index contributed by atoms with van der Waals surface area (Å²) < 4.78 is 2.07. The van der Waals surface area contributed by atoms with Crippen LogP contribution in [0.1, 0.15) is 31.0 Å². The second kappa shape index (κ2) is 4.82. The topological polar surface area (TPSA) is 37.8 Å². The van der Waals surface area contributed by atoms with Crippen molar-refractivity contribution in [1.29, 1.82) is 0 Å². The Morgan fingerprint density at radius 1 is 1.25 bits per heavy atom. The highest BCUT2D eigenvalue weighted by molar-refractivity contribution is 6.06. The van der Waals surface area contributed by atoms with Gasteiger partial charge in [-0.3, -0.25) is 4.79 Å². The van der Waals surface area contributed by atoms with E-state index in [1.807, 2.05) is 25.2 Å². The van der Waals surface area contributed by atoms with Gasteiger partial charge in [-0.25, -0.2) is 0 Å². The number of pyridine rings is 1. The van der Waals surface area contributed by atoms with E-state index >= 15 is 0 Å². The van der Waals surface area contributed by atoms with Crippen LogP contribution in [0.3, 0.4) is 0 Å². The minimum Gasteiger partial charge on any atom is -0.343 e. The lowest BCUT2D eigenvalue weighted by atomic mass is 10.1. The van der Waals surface area contributed by atoms with Crippen LogP contribution in [0.5, 0.6) is 0 Å². The molecular weight excluding hydrogens is 248 g/mol. The molecule has 0 saturated carbocycles. The molecule has 3 aromatic rings. The molecule has 0 radical (unpaired) electrons. The standard InChI is InChI=1S/C17H20N2O/c1-4-5-10-14-11(2)15-12-8-6-7-9-13(12)18-17(20)16(15)19(14)3/h6-9H,4-5,10H2,1-3H3,(H,18,20). The number of rotatable bonds is 3. The summed E-state index contributed by atoms with van der Waals surface area (Å²) in [6.45, 7) is 4.33. The van der Waals surface area contributed by atoms with Crippen molar-refractivity contribution in [2.75, 3.05) is 0 Å². The molecule has 0 aliphatic rings. The van der Waals surface area contributed by atoms with Crippen molar-refractivity contribution in [3.8, 4) is 0 Å². The van der Waals surface area contributed by atoms with Crippen molar-refractivity contribution >= 4 is 21.8 Å². The normalized spacial score (nSPS) is 11.6. The van der Waals surface area contributed by atoms with Gasteiger partial charge in [0.05, 0.1) is 0 Å². The number of benzene rings is 1. The lowest BCUT2D eigenvalue weighted by Gasteiger charge is -2.03. The first-order chi connectivity index (χ1) is 9.65. The van der Waals surface area contributed by atoms with E-state index in [9.17, 15) is 4.79 Å². The zero-order valence-electron chi connectivity index (χ0n) is 12.3. The Kier molecular flexibility index (Phi) is 3.13. The van der Waals surface area contributed by atoms with Gasteiger partial charge in [-0.1, -0.05) is 31.5 Å². The number of fused-ring (bicyclic) bond motifs is 3. The minimum atomic E-state index is 0.00653. The molecule has 0 spiro atoms. The average molecular weight is 268 g/mol. The van der Waals surface area contributed by atoms with Gasteiger partial charge in [0, 0.05) is 29.0 Å². The minimum absolute atomic E-state index is 0.00653. The number of aromatic nitrogens is 2. The monoisotopic (exact) mass is 268 g/mol. The highest BCUT2D eigenvalue weighted by Gasteiger charge is 2.16. The first-order valence-corrected chi connectivity index (χ1v) is 7.24. The van der Waals surface area contributed by atoms with Crippen LogP contribution in [0.4, 0.5) is 0 Å². The quantitative estimate of drug-likeness (QED) is 0.773. The van der Waals surface area contributed by atoms with E-state index < -0.39 is 0 Å². The maximum absolute atomic E-state index is 12.4. The molecule has 0 bridgehead atoms. The van der Waals surface area contributed by atoms with Crippen LogP contribution in [-0.2, 0) is 13.5 Å². The lowest BCUT2D eigenvalue weighted by Crippen LogP contribution is -2.10. The van der Waals surface area contributed by atoms with Crippen LogP contribution >= 0.6 is 0 Å². The molecule has 0 fully saturated rings. The smallest absolute Gasteiger partial charge is 0.272 e. The molecule has 1 N–H and O–H groups in total. The van der Waals surface area contributed by atoms with Crippen molar-refractivity contribution in [2.24, 2.45) is 7.05 Å². The summed E-state index contributed by atoms with van der Waals surface area (Å²) in [5.41, 5.74) is 4.25. The highest BCUT2D eigenvalue weighted by atomic mass is 16.1. The number of hydrogen-bond donors (Lipinski definition) is 1. The Bertz CT molecular complexity index is 839. The second-order valence-corrected chi connectivity index (χ2v) is 5.46. The zero-order chi connectivity index (χ0) is 14.3. The van der Waals surface area contributed by atoms with E-state index in [-0.39, 0.29) is 5.56 Å². The molecule has 104 valence electrons. The molecule has 0 unspecified atom stereocenters. The second-order valence-electron chi connectivity index (χ2n) is 5.46. The molecule has 1 aromatic carbocycles. The first-order valence-electron chi connectivity index (χ1n) is 7.24. The van der Waals surface area contributed by atoms with E-state index in [4.69, 9.17) is 0 Å². The molecule has 2 aromatic heterocycles. The molecule has 0 aliphatic carbocycles. The fraction of sp³-hybridized carbons (Fsp3) is 0.353. The molecule has 0 aliphatic heterocycles. The summed E-state index contributed by atoms with van der Waals surface area (Å²) in [6, 6.07) is 8.04. The Labute approximate surface area is 118 Å². The van der Waals surface area contributed by atoms with E-state index in [0.717, 1.165) is 41.1 Å². The van der Waals surface area contributed by atoms with E-state index in [1.165, 1.54) is 11.3 Å². The summed E-state index contributed by atoms with van der Waals surface area (Å²) >= 11 is 0. The van der Waals surface area contributed by atoms with Crippen LogP contribution in [-0.4, -0.2) is 9.55 Å². The molecule has 0 amide bonds. The summed E-state index contributed by atoms with van der Waals surface area (Å²) in [4.78, 5) is 15.4. The van der Waals surface area contributed by atoms with Gasteiger partial charge in [-0.15, -0.1) is 0 Å². The fourth-order valence-electron chi connectivity index (χ4n) is 3.16. The molecule has 3 rings (SSSR count). The van der Waals surface area contributed by atoms with Crippen molar-refractivity contribution < 1.29 is 0 Å². The van der Waals surface area contributed by atoms with Crippen LogP contribution in [0.25, 0.3) is 21.8 Å². The van der Waals surface area contributed by atoms with Crippen molar-refractivity contribution in [3.63, 3.8) is 0 Å². The zero-order valence-corrected chi connectivity index (χ0v) is 12.3. The average Bonchev–Trinajstić information content (AvgIpc) is 2.70. The van der Waals surface area contributed by atoms with Gasteiger partial charge < -0.3 is 9.55 Å². The highest BCUT2D eigenvalue weighted by Crippen LogP contribution is 2.29. The SMILES string of the molecule is CCCCc1c(C)c2c3ccccc3[nH]c(=O)c2n1C. The number of para-hydroxylation sites is 1. The molecule has 2 heterocycles. The third-order valence-electron chi connectivity index (χ3n) is 4.21. The van der Waals surface area contributed by atoms with Crippen LogP contribution in [0.2, 0.25) is 0 Å². The Hall–Kier alpha value is -2.03. The van der Waals surface area contributed by atoms with Gasteiger partial charge in [0.1, 0.15) is 5.52 Å². The number of hydrogen-bond acceptors (Lipinski definition) is 1. The predicted octanol–water partition coefficient (Wildman–Crippen LogP) is 3.67. The van der Waals surface area contributed by atoms with E-state index in [0.29, 0.717) is 0 Å². The van der Waals surface area contributed by atoms with Crippen LogP contribution < -0.4 is 5.56 Å². The summed E-state index contributed by atoms with van der Waals surface area (Å²) in [6.07, 6.45) is 3.35. The maximum atomic E-state index is 12.4. The number of unbranched alkanes of at least 4 members (excludes halogenated alkanes) is 1. The first kappa shape index (κ1) is 13.0. The molecule has 20 heavy (non-hydrogen) atoms. The predicted molar refractivity (Wildman–Crippen MR) is 84.4 cm³/mol. The van der Waals surface area contributed by atoms with E-state index in [1.54, 1.807) is 0 Å². The molecule has 0 atom stereocenters. The van der Waals surface area contributed by atoms with Gasteiger partial charge >= 0.3 is 0 Å². The number of nitrogens with zero attached hydrogens (tertiary/aromatic N) is 1. The summed E-state index contributed by atoms with van der Waals surface area (Å²) in [7, 11) is 2.00. The van der Waals surface area contributed by atoms with Gasteiger partial charge in [-0.05, 0) is 31.4 Å². The number of H-pyrrole nitrogens is 1. The number of nitrogens with one attached hydrogen (secondary N) is 1. The van der Waals surface area contributed by atoms with Crippen molar-refractivity contribution in [1.82, 2.24) is 9.55 Å². The Morgan fingerprint density at radius 3 is 2.75 bits per heavy atom. The summed E-state index contributed by atoms with van der Waals surface area (Å²) in [5.74, 6) is 0. The molecule has 3 heteroatoms. The molecular formula is C17H20N2O. The van der Waals surface area contributed by atoms with Crippen LogP contribution in [0.15, 0.2) is 29.1 Å². The van der Waals surface area contributed by atoms with Gasteiger partial charge in [0.15, 0.2) is 0 Å². The molecule has 3 nitrogen and oxygen atoms in total. The third kappa shape index (κ3) is 1.77. The van der Waals surface area contributed by atoms with Crippen molar-refractivity contribution in [2.45, 2.75) is 33.1 Å².